The molecule has 1 aromatic carbocycles. The van der Waals surface area contributed by atoms with Crippen molar-refractivity contribution in [1.82, 2.24) is 5.32 Å². The molecule has 0 radical (unpaired) electrons. The van der Waals surface area contributed by atoms with Crippen LogP contribution in [0.2, 0.25) is 0 Å². The van der Waals surface area contributed by atoms with Gasteiger partial charge in [-0.25, -0.2) is 13.6 Å². The van der Waals surface area contributed by atoms with E-state index in [1.807, 2.05) is 20.8 Å². The van der Waals surface area contributed by atoms with Crippen molar-refractivity contribution >= 4 is 17.6 Å². The Morgan fingerprint density at radius 2 is 1.81 bits per heavy atom. The lowest BCUT2D eigenvalue weighted by Gasteiger charge is -2.17. The second-order valence-electron chi connectivity index (χ2n) is 5.03. The van der Waals surface area contributed by atoms with Crippen molar-refractivity contribution in [3.63, 3.8) is 0 Å². The smallest absolute Gasteiger partial charge is 0.340 e. The minimum Gasteiger partial charge on any atom is -0.452 e. The Morgan fingerprint density at radius 3 is 2.38 bits per heavy atom. The first-order valence-corrected chi connectivity index (χ1v) is 6.43. The van der Waals surface area contributed by atoms with Gasteiger partial charge in [-0.1, -0.05) is 13.8 Å². The van der Waals surface area contributed by atoms with Crippen molar-refractivity contribution in [2.45, 2.75) is 26.8 Å². The first-order valence-electron chi connectivity index (χ1n) is 6.43. The van der Waals surface area contributed by atoms with E-state index in [1.54, 1.807) is 0 Å². The lowest BCUT2D eigenvalue weighted by atomic mass is 10.1. The van der Waals surface area contributed by atoms with E-state index in [2.05, 4.69) is 5.32 Å². The number of amides is 1. The van der Waals surface area contributed by atoms with Gasteiger partial charge in [0.2, 0.25) is 0 Å². The van der Waals surface area contributed by atoms with Crippen molar-refractivity contribution < 1.29 is 23.1 Å². The highest BCUT2D eigenvalue weighted by Crippen LogP contribution is 2.17. The number of carbonyl (C=O) groups excluding carboxylic acids is 2. The topological polar surface area (TPSA) is 81.4 Å². The van der Waals surface area contributed by atoms with Crippen molar-refractivity contribution in [3.8, 4) is 0 Å². The van der Waals surface area contributed by atoms with Gasteiger partial charge >= 0.3 is 5.97 Å². The minimum absolute atomic E-state index is 0.0791. The van der Waals surface area contributed by atoms with Gasteiger partial charge in [0, 0.05) is 17.8 Å². The van der Waals surface area contributed by atoms with E-state index >= 15 is 0 Å². The van der Waals surface area contributed by atoms with Crippen LogP contribution in [0.25, 0.3) is 0 Å². The third-order valence-electron chi connectivity index (χ3n) is 3.04. The summed E-state index contributed by atoms with van der Waals surface area (Å²) in [7, 11) is 0. The van der Waals surface area contributed by atoms with Gasteiger partial charge in [0.15, 0.2) is 18.2 Å². The third kappa shape index (κ3) is 4.70. The maximum Gasteiger partial charge on any atom is 0.340 e. The quantitative estimate of drug-likeness (QED) is 0.642. The number of benzene rings is 1. The zero-order valence-corrected chi connectivity index (χ0v) is 12.1. The summed E-state index contributed by atoms with van der Waals surface area (Å²) in [4.78, 5) is 23.2. The number of nitrogens with two attached hydrogens (primary N) is 1. The van der Waals surface area contributed by atoms with Gasteiger partial charge in [-0.3, -0.25) is 4.79 Å². The van der Waals surface area contributed by atoms with E-state index in [0.29, 0.717) is 12.1 Å². The van der Waals surface area contributed by atoms with E-state index in [9.17, 15) is 18.4 Å². The van der Waals surface area contributed by atoms with E-state index in [1.165, 1.54) is 0 Å². The van der Waals surface area contributed by atoms with Crippen LogP contribution >= 0.6 is 0 Å². The molecule has 21 heavy (non-hydrogen) atoms. The Bertz CT molecular complexity index is 547. The summed E-state index contributed by atoms with van der Waals surface area (Å²) in [6, 6.07) is 1.25. The predicted molar refractivity (Wildman–Crippen MR) is 73.5 cm³/mol. The Balaban J connectivity index is 2.62. The van der Waals surface area contributed by atoms with Gasteiger partial charge in [-0.15, -0.1) is 0 Å². The van der Waals surface area contributed by atoms with E-state index in [4.69, 9.17) is 10.5 Å². The van der Waals surface area contributed by atoms with Crippen LogP contribution in [0.3, 0.4) is 0 Å². The van der Waals surface area contributed by atoms with Crippen LogP contribution in [-0.4, -0.2) is 24.5 Å². The Hall–Kier alpha value is -2.18. The molecular weight excluding hydrogens is 282 g/mol. The zero-order valence-electron chi connectivity index (χ0n) is 12.1. The SMILES string of the molecule is CC(C)C(C)NC(=O)COC(=O)c1cc(F)c(F)cc1N. The first kappa shape index (κ1) is 16.9. The van der Waals surface area contributed by atoms with Crippen molar-refractivity contribution in [3.05, 3.63) is 29.3 Å². The molecule has 0 aliphatic rings. The molecule has 116 valence electrons. The summed E-state index contributed by atoms with van der Waals surface area (Å²) < 4.78 is 30.7. The molecule has 5 nitrogen and oxygen atoms in total. The molecule has 1 unspecified atom stereocenters. The number of anilines is 1. The second kappa shape index (κ2) is 7.01. The van der Waals surface area contributed by atoms with Gasteiger partial charge in [-0.2, -0.15) is 0 Å². The summed E-state index contributed by atoms with van der Waals surface area (Å²) >= 11 is 0. The molecule has 3 N–H and O–H groups in total. The molecule has 1 atom stereocenters. The summed E-state index contributed by atoms with van der Waals surface area (Å²) in [6.45, 7) is 5.16. The Labute approximate surface area is 121 Å². The van der Waals surface area contributed by atoms with Crippen LogP contribution in [0.1, 0.15) is 31.1 Å². The van der Waals surface area contributed by atoms with Gasteiger partial charge in [0.1, 0.15) is 0 Å². The van der Waals surface area contributed by atoms with Crippen molar-refractivity contribution in [2.75, 3.05) is 12.3 Å². The van der Waals surface area contributed by atoms with Crippen LogP contribution in [0.5, 0.6) is 0 Å². The van der Waals surface area contributed by atoms with Crippen LogP contribution in [0.15, 0.2) is 12.1 Å². The molecule has 1 aromatic rings. The van der Waals surface area contributed by atoms with E-state index < -0.39 is 30.1 Å². The highest BCUT2D eigenvalue weighted by molar-refractivity contribution is 5.96. The second-order valence-corrected chi connectivity index (χ2v) is 5.03. The molecule has 1 rings (SSSR count). The first-order chi connectivity index (χ1) is 9.72. The van der Waals surface area contributed by atoms with Crippen LogP contribution < -0.4 is 11.1 Å². The number of hydrogen-bond donors (Lipinski definition) is 2. The average Bonchev–Trinajstić information content (AvgIpc) is 2.40. The predicted octanol–water partition coefficient (Wildman–Crippen LogP) is 1.86. The molecule has 7 heteroatoms. The monoisotopic (exact) mass is 300 g/mol. The summed E-state index contributed by atoms with van der Waals surface area (Å²) in [5.41, 5.74) is 4.83. The summed E-state index contributed by atoms with van der Waals surface area (Å²) in [5, 5.41) is 2.64. The molecule has 0 aromatic heterocycles. The van der Waals surface area contributed by atoms with Crippen LogP contribution in [0.4, 0.5) is 14.5 Å². The molecule has 0 saturated carbocycles. The van der Waals surface area contributed by atoms with Crippen molar-refractivity contribution in [1.29, 1.82) is 0 Å². The molecule has 0 bridgehead atoms. The number of ether oxygens (including phenoxy) is 1. The Kier molecular flexibility index (Phi) is 5.63. The summed E-state index contributed by atoms with van der Waals surface area (Å²) in [6.07, 6.45) is 0. The highest BCUT2D eigenvalue weighted by atomic mass is 19.2. The molecule has 0 fully saturated rings. The molecule has 0 aliphatic heterocycles. The highest BCUT2D eigenvalue weighted by Gasteiger charge is 2.18. The van der Waals surface area contributed by atoms with Crippen LogP contribution in [-0.2, 0) is 9.53 Å². The molecule has 0 saturated heterocycles. The number of nitrogen functional groups attached to an aromatic ring is 1. The fourth-order valence-corrected chi connectivity index (χ4v) is 1.41. The van der Waals surface area contributed by atoms with E-state index in [-0.39, 0.29) is 23.2 Å². The molecular formula is C14H18F2N2O3. The number of nitrogens with one attached hydrogen (secondary N) is 1. The average molecular weight is 300 g/mol. The van der Waals surface area contributed by atoms with Gasteiger partial charge < -0.3 is 15.8 Å². The van der Waals surface area contributed by atoms with Gasteiger partial charge in [-0.05, 0) is 18.9 Å². The summed E-state index contributed by atoms with van der Waals surface area (Å²) in [5.74, 6) is -3.61. The maximum absolute atomic E-state index is 13.1. The molecule has 0 aliphatic carbocycles. The fraction of sp³-hybridized carbons (Fsp3) is 0.429. The maximum atomic E-state index is 13.1. The third-order valence-corrected chi connectivity index (χ3v) is 3.04. The number of carbonyl (C=O) groups is 2. The lowest BCUT2D eigenvalue weighted by molar-refractivity contribution is -0.125. The molecule has 0 spiro atoms. The van der Waals surface area contributed by atoms with Gasteiger partial charge in [0.25, 0.3) is 5.91 Å². The lowest BCUT2D eigenvalue weighted by Crippen LogP contribution is -2.38. The minimum atomic E-state index is -1.21. The number of rotatable bonds is 5. The number of hydrogen-bond acceptors (Lipinski definition) is 4. The largest absolute Gasteiger partial charge is 0.452 e. The Morgan fingerprint density at radius 1 is 1.24 bits per heavy atom. The van der Waals surface area contributed by atoms with Crippen molar-refractivity contribution in [2.24, 2.45) is 5.92 Å². The van der Waals surface area contributed by atoms with Gasteiger partial charge in [0.05, 0.1) is 5.56 Å². The normalized spacial score (nSPS) is 12.1. The van der Waals surface area contributed by atoms with E-state index in [0.717, 1.165) is 0 Å². The van der Waals surface area contributed by atoms with Crippen LogP contribution in [0, 0.1) is 17.6 Å². The molecule has 0 heterocycles. The zero-order chi connectivity index (χ0) is 16.2. The number of halogens is 2. The fourth-order valence-electron chi connectivity index (χ4n) is 1.41. The molecule has 1 amide bonds. The number of esters is 1. The standard InChI is InChI=1S/C14H18F2N2O3/c1-7(2)8(3)18-13(19)6-21-14(20)9-4-10(15)11(16)5-12(9)17/h4-5,7-8H,6,17H2,1-3H3,(H,18,19).